The second kappa shape index (κ2) is 7.75. The van der Waals surface area contributed by atoms with E-state index in [4.69, 9.17) is 5.26 Å². The number of amides is 2. The van der Waals surface area contributed by atoms with Gasteiger partial charge < -0.3 is 5.32 Å². The maximum atomic E-state index is 12.6. The monoisotopic (exact) mass is 371 g/mol. The minimum Gasteiger partial charge on any atom is -0.324 e. The quantitative estimate of drug-likeness (QED) is 0.822. The van der Waals surface area contributed by atoms with Crippen molar-refractivity contribution in [3.63, 3.8) is 0 Å². The third-order valence-electron chi connectivity index (χ3n) is 3.87. The molecular weight excluding hydrogens is 350 g/mol. The summed E-state index contributed by atoms with van der Waals surface area (Å²) in [5, 5.41) is 12.1. The number of anilines is 1. The van der Waals surface area contributed by atoms with E-state index in [0.29, 0.717) is 16.3 Å². The average Bonchev–Trinajstić information content (AvgIpc) is 2.93. The Morgan fingerprint density at radius 3 is 2.69 bits per heavy atom. The Balaban J connectivity index is 2.19. The van der Waals surface area contributed by atoms with Gasteiger partial charge in [0, 0.05) is 17.2 Å². The van der Waals surface area contributed by atoms with Crippen LogP contribution in [0.1, 0.15) is 33.3 Å². The number of hydrogen-bond acceptors (Lipinski definition) is 5. The molecule has 1 N–H and O–H groups in total. The zero-order chi connectivity index (χ0) is 19.5. The Hall–Kier alpha value is -2.59. The van der Waals surface area contributed by atoms with E-state index in [9.17, 15) is 14.4 Å². The Morgan fingerprint density at radius 2 is 2.08 bits per heavy atom. The summed E-state index contributed by atoms with van der Waals surface area (Å²) in [6.45, 7) is 7.02. The van der Waals surface area contributed by atoms with Crippen molar-refractivity contribution < 1.29 is 14.4 Å². The topological polar surface area (TPSA) is 90.3 Å². The van der Waals surface area contributed by atoms with Crippen LogP contribution in [-0.4, -0.2) is 34.3 Å². The lowest BCUT2D eigenvalue weighted by molar-refractivity contribution is -0.132. The maximum Gasteiger partial charge on any atom is 0.247 e. The van der Waals surface area contributed by atoms with Crippen molar-refractivity contribution in [1.82, 2.24) is 4.90 Å². The Bertz CT molecular complexity index is 818. The molecule has 0 unspecified atom stereocenters. The molecule has 2 rings (SSSR count). The summed E-state index contributed by atoms with van der Waals surface area (Å²) in [7, 11) is 0. The lowest BCUT2D eigenvalue weighted by Crippen LogP contribution is -2.42. The molecule has 1 atom stereocenters. The summed E-state index contributed by atoms with van der Waals surface area (Å²) in [5.74, 6) is -0.499. The van der Waals surface area contributed by atoms with Crippen molar-refractivity contribution in [2.24, 2.45) is 5.41 Å². The SMILES string of the molecule is C[C@@H](C(=O)Nc1cccc(C#N)c1)N1C(=O)CS/C1=C\C(=O)C(C)(C)C. The summed E-state index contributed by atoms with van der Waals surface area (Å²) < 4.78 is 0. The Labute approximate surface area is 157 Å². The van der Waals surface area contributed by atoms with Crippen LogP contribution in [0.4, 0.5) is 5.69 Å². The number of carbonyl (C=O) groups is 3. The van der Waals surface area contributed by atoms with Crippen molar-refractivity contribution in [1.29, 1.82) is 5.26 Å². The number of hydrogen-bond donors (Lipinski definition) is 1. The molecule has 26 heavy (non-hydrogen) atoms. The second-order valence-electron chi connectivity index (χ2n) is 7.01. The summed E-state index contributed by atoms with van der Waals surface area (Å²) in [6.07, 6.45) is 1.44. The molecule has 6 nitrogen and oxygen atoms in total. The van der Waals surface area contributed by atoms with Gasteiger partial charge in [-0.15, -0.1) is 0 Å². The first-order valence-corrected chi connectivity index (χ1v) is 9.14. The predicted molar refractivity (Wildman–Crippen MR) is 101 cm³/mol. The highest BCUT2D eigenvalue weighted by Gasteiger charge is 2.35. The van der Waals surface area contributed by atoms with Crippen molar-refractivity contribution in [3.8, 4) is 6.07 Å². The molecular formula is C19H21N3O3S. The van der Waals surface area contributed by atoms with Crippen LogP contribution in [-0.2, 0) is 14.4 Å². The van der Waals surface area contributed by atoms with Crippen molar-refractivity contribution in [3.05, 3.63) is 40.9 Å². The van der Waals surface area contributed by atoms with Gasteiger partial charge in [0.1, 0.15) is 6.04 Å². The van der Waals surface area contributed by atoms with Crippen molar-refractivity contribution >= 4 is 35.0 Å². The normalized spacial score (nSPS) is 17.1. The largest absolute Gasteiger partial charge is 0.324 e. The van der Waals surface area contributed by atoms with E-state index >= 15 is 0 Å². The summed E-state index contributed by atoms with van der Waals surface area (Å²) >= 11 is 1.25. The lowest BCUT2D eigenvalue weighted by atomic mass is 9.91. The molecule has 1 aromatic carbocycles. The number of nitriles is 1. The molecule has 1 heterocycles. The molecule has 1 aliphatic heterocycles. The smallest absolute Gasteiger partial charge is 0.247 e. The van der Waals surface area contributed by atoms with Gasteiger partial charge in [0.25, 0.3) is 0 Å². The maximum absolute atomic E-state index is 12.6. The van der Waals surface area contributed by atoms with Crippen LogP contribution in [0.3, 0.4) is 0 Å². The summed E-state index contributed by atoms with van der Waals surface area (Å²) in [6, 6.07) is 7.77. The zero-order valence-electron chi connectivity index (χ0n) is 15.2. The van der Waals surface area contributed by atoms with E-state index in [1.54, 1.807) is 52.0 Å². The molecule has 136 valence electrons. The number of carbonyl (C=O) groups excluding carboxylic acids is 3. The van der Waals surface area contributed by atoms with Crippen LogP contribution in [0.25, 0.3) is 0 Å². The van der Waals surface area contributed by atoms with E-state index in [0.717, 1.165) is 0 Å². The fraction of sp³-hybridized carbons (Fsp3) is 0.368. The van der Waals surface area contributed by atoms with Crippen LogP contribution in [0.5, 0.6) is 0 Å². The molecule has 1 aliphatic rings. The molecule has 0 spiro atoms. The highest BCUT2D eigenvalue weighted by Crippen LogP contribution is 2.32. The highest BCUT2D eigenvalue weighted by atomic mass is 32.2. The standard InChI is InChI=1S/C19H21N3O3S/c1-12(18(25)21-14-7-5-6-13(8-14)10-20)22-16(24)11-26-17(22)9-15(23)19(2,3)4/h5-9,12H,11H2,1-4H3,(H,21,25)/b17-9-/t12-/m0/s1. The van der Waals surface area contributed by atoms with Crippen LogP contribution >= 0.6 is 11.8 Å². The molecule has 1 aromatic rings. The molecule has 1 saturated heterocycles. The number of ketones is 1. The molecule has 0 radical (unpaired) electrons. The first kappa shape index (κ1) is 19.7. The van der Waals surface area contributed by atoms with Gasteiger partial charge >= 0.3 is 0 Å². The third kappa shape index (κ3) is 4.52. The molecule has 0 aromatic heterocycles. The zero-order valence-corrected chi connectivity index (χ0v) is 16.0. The lowest BCUT2D eigenvalue weighted by Gasteiger charge is -2.25. The first-order chi connectivity index (χ1) is 12.1. The molecule has 0 aliphatic carbocycles. The fourth-order valence-corrected chi connectivity index (χ4v) is 3.27. The van der Waals surface area contributed by atoms with Crippen LogP contribution in [0.15, 0.2) is 35.4 Å². The minimum atomic E-state index is -0.776. The number of allylic oxidation sites excluding steroid dienone is 1. The number of rotatable bonds is 4. The Kier molecular flexibility index (Phi) is 5.88. The van der Waals surface area contributed by atoms with Crippen LogP contribution in [0, 0.1) is 16.7 Å². The third-order valence-corrected chi connectivity index (χ3v) is 4.87. The van der Waals surface area contributed by atoms with Gasteiger partial charge in [0.15, 0.2) is 5.78 Å². The predicted octanol–water partition coefficient (Wildman–Crippen LogP) is 2.92. The Morgan fingerprint density at radius 1 is 1.38 bits per heavy atom. The van der Waals surface area contributed by atoms with Gasteiger partial charge in [-0.2, -0.15) is 5.26 Å². The molecule has 0 saturated carbocycles. The minimum absolute atomic E-state index is 0.103. The van der Waals surface area contributed by atoms with Crippen LogP contribution < -0.4 is 5.32 Å². The van der Waals surface area contributed by atoms with Gasteiger partial charge in [-0.25, -0.2) is 0 Å². The summed E-state index contributed by atoms with van der Waals surface area (Å²) in [4.78, 5) is 38.4. The van der Waals surface area contributed by atoms with E-state index in [1.807, 2.05) is 6.07 Å². The van der Waals surface area contributed by atoms with Gasteiger partial charge in [-0.3, -0.25) is 19.3 Å². The van der Waals surface area contributed by atoms with E-state index in [2.05, 4.69) is 5.32 Å². The number of thioether (sulfide) groups is 1. The molecule has 1 fully saturated rings. The van der Waals surface area contributed by atoms with Crippen molar-refractivity contribution in [2.75, 3.05) is 11.1 Å². The highest BCUT2D eigenvalue weighted by molar-refractivity contribution is 8.04. The van der Waals surface area contributed by atoms with Crippen LogP contribution in [0.2, 0.25) is 0 Å². The van der Waals surface area contributed by atoms with Crippen molar-refractivity contribution in [2.45, 2.75) is 33.7 Å². The van der Waals surface area contributed by atoms with Gasteiger partial charge in [0.05, 0.1) is 22.4 Å². The second-order valence-corrected chi connectivity index (χ2v) is 8.00. The fourth-order valence-electron chi connectivity index (χ4n) is 2.27. The van der Waals surface area contributed by atoms with Gasteiger partial charge in [-0.1, -0.05) is 38.6 Å². The molecule has 0 bridgehead atoms. The van der Waals surface area contributed by atoms with E-state index in [1.165, 1.54) is 22.7 Å². The molecule has 2 amide bonds. The average molecular weight is 371 g/mol. The van der Waals surface area contributed by atoms with E-state index < -0.39 is 11.5 Å². The van der Waals surface area contributed by atoms with E-state index in [-0.39, 0.29) is 23.4 Å². The van der Waals surface area contributed by atoms with Gasteiger partial charge in [0.2, 0.25) is 11.8 Å². The first-order valence-electron chi connectivity index (χ1n) is 8.15. The number of nitrogens with one attached hydrogen (secondary N) is 1. The number of nitrogens with zero attached hydrogens (tertiary/aromatic N) is 2. The molecule has 7 heteroatoms. The number of benzene rings is 1. The van der Waals surface area contributed by atoms with Gasteiger partial charge in [-0.05, 0) is 25.1 Å². The summed E-state index contributed by atoms with van der Waals surface area (Å²) in [5.41, 5.74) is 0.352.